The van der Waals surface area contributed by atoms with Gasteiger partial charge in [0.05, 0.1) is 5.57 Å². The van der Waals surface area contributed by atoms with Gasteiger partial charge in [-0.05, 0) is 51.7 Å². The van der Waals surface area contributed by atoms with Crippen LogP contribution in [0.25, 0.3) is 28.0 Å². The van der Waals surface area contributed by atoms with Crippen LogP contribution in [0.4, 0.5) is 0 Å². The predicted octanol–water partition coefficient (Wildman–Crippen LogP) is 6.67. The number of fused-ring (bicyclic) bond motifs is 5. The second-order valence-electron chi connectivity index (χ2n) is 8.52. The van der Waals surface area contributed by atoms with Gasteiger partial charge in [0, 0.05) is 26.3 Å². The number of rotatable bonds is 1. The highest BCUT2D eigenvalue weighted by Gasteiger charge is 2.38. The van der Waals surface area contributed by atoms with E-state index in [1.165, 1.54) is 21.6 Å². The minimum absolute atomic E-state index is 0.0717. The number of thiophene rings is 1. The molecule has 6 rings (SSSR count). The Morgan fingerprint density at radius 2 is 1.33 bits per heavy atom. The second-order valence-corrected chi connectivity index (χ2v) is 9.61. The van der Waals surface area contributed by atoms with Gasteiger partial charge in [0.1, 0.15) is 0 Å². The Labute approximate surface area is 178 Å². The molecule has 0 saturated carbocycles. The van der Waals surface area contributed by atoms with Crippen LogP contribution < -0.4 is 0 Å². The molecule has 1 aromatic heterocycles. The molecule has 144 valence electrons. The van der Waals surface area contributed by atoms with E-state index in [-0.39, 0.29) is 22.6 Å². The lowest BCUT2D eigenvalue weighted by Gasteiger charge is -2.19. The van der Waals surface area contributed by atoms with Gasteiger partial charge in [-0.25, -0.2) is 0 Å². The second kappa shape index (κ2) is 5.87. The number of allylic oxidation sites excluding steroid dienone is 1. The molecule has 0 bridgehead atoms. The van der Waals surface area contributed by atoms with Crippen molar-refractivity contribution in [2.75, 3.05) is 0 Å². The summed E-state index contributed by atoms with van der Waals surface area (Å²) in [5, 5.41) is 1.96. The van der Waals surface area contributed by atoms with Gasteiger partial charge in [-0.1, -0.05) is 62.4 Å². The predicted molar refractivity (Wildman–Crippen MR) is 122 cm³/mol. The highest BCUT2D eigenvalue weighted by atomic mass is 32.1. The molecule has 0 fully saturated rings. The molecule has 0 aliphatic heterocycles. The third-order valence-electron chi connectivity index (χ3n) is 6.36. The maximum Gasteiger partial charge on any atom is 0.197 e. The fourth-order valence-electron chi connectivity index (χ4n) is 4.81. The average molecular weight is 407 g/mol. The van der Waals surface area contributed by atoms with Crippen LogP contribution in [0.5, 0.6) is 0 Å². The van der Waals surface area contributed by atoms with Crippen LogP contribution in [0.3, 0.4) is 0 Å². The summed E-state index contributed by atoms with van der Waals surface area (Å²) in [5.41, 5.74) is 5.02. The van der Waals surface area contributed by atoms with Crippen molar-refractivity contribution in [2.24, 2.45) is 0 Å². The first kappa shape index (κ1) is 17.5. The zero-order valence-electron chi connectivity index (χ0n) is 16.7. The molecular formula is C27H18O2S. The standard InChI is InChI=1S/C27H18O2S/c1-27(2)23-10-6-5-9-18(23)21-13-17(30-26(21)27)14-22-24(28)19-11-15-7-3-4-8-16(15)12-20(19)25(22)29/h3-14H,1-2H3. The Bertz CT molecular complexity index is 1390. The van der Waals surface area contributed by atoms with Gasteiger partial charge in [0.15, 0.2) is 11.6 Å². The van der Waals surface area contributed by atoms with Crippen molar-refractivity contribution >= 4 is 39.8 Å². The molecule has 4 aromatic rings. The lowest BCUT2D eigenvalue weighted by Crippen LogP contribution is -2.13. The Morgan fingerprint density at radius 1 is 0.733 bits per heavy atom. The third-order valence-corrected chi connectivity index (χ3v) is 7.77. The molecule has 2 aliphatic rings. The lowest BCUT2D eigenvalue weighted by molar-refractivity contribution is 0.0990. The molecule has 0 N–H and O–H groups in total. The van der Waals surface area contributed by atoms with E-state index in [4.69, 9.17) is 0 Å². The highest BCUT2D eigenvalue weighted by Crippen LogP contribution is 2.52. The Morgan fingerprint density at radius 3 is 2.00 bits per heavy atom. The lowest BCUT2D eigenvalue weighted by atomic mass is 9.87. The van der Waals surface area contributed by atoms with Crippen molar-refractivity contribution in [3.05, 3.63) is 98.7 Å². The molecule has 0 radical (unpaired) electrons. The Kier molecular flexibility index (Phi) is 3.43. The summed E-state index contributed by atoms with van der Waals surface area (Å²) in [7, 11) is 0. The van der Waals surface area contributed by atoms with Crippen molar-refractivity contribution in [3.8, 4) is 11.1 Å². The first-order chi connectivity index (χ1) is 14.4. The van der Waals surface area contributed by atoms with E-state index in [1.54, 1.807) is 17.4 Å². The van der Waals surface area contributed by atoms with Gasteiger partial charge in [-0.15, -0.1) is 11.3 Å². The van der Waals surface area contributed by atoms with Gasteiger partial charge >= 0.3 is 0 Å². The summed E-state index contributed by atoms with van der Waals surface area (Å²) in [6, 6.07) is 22.1. The Balaban J connectivity index is 1.47. The van der Waals surface area contributed by atoms with Gasteiger partial charge in [0.2, 0.25) is 0 Å². The van der Waals surface area contributed by atoms with Crippen LogP contribution in [-0.2, 0) is 5.41 Å². The van der Waals surface area contributed by atoms with Crippen LogP contribution in [-0.4, -0.2) is 11.6 Å². The van der Waals surface area contributed by atoms with Gasteiger partial charge < -0.3 is 0 Å². The quantitative estimate of drug-likeness (QED) is 0.261. The average Bonchev–Trinajstić information content (AvgIpc) is 3.34. The third kappa shape index (κ3) is 2.24. The molecule has 0 unspecified atom stereocenters. The molecular weight excluding hydrogens is 388 g/mol. The van der Waals surface area contributed by atoms with Gasteiger partial charge in [-0.2, -0.15) is 0 Å². The van der Waals surface area contributed by atoms with E-state index in [0.29, 0.717) is 11.1 Å². The molecule has 0 amide bonds. The summed E-state index contributed by atoms with van der Waals surface area (Å²) in [6.07, 6.45) is 1.79. The van der Waals surface area contributed by atoms with Crippen molar-refractivity contribution < 1.29 is 9.59 Å². The van der Waals surface area contributed by atoms with Crippen LogP contribution in [0.2, 0.25) is 0 Å². The van der Waals surface area contributed by atoms with Crippen LogP contribution >= 0.6 is 11.3 Å². The highest BCUT2D eigenvalue weighted by molar-refractivity contribution is 7.13. The van der Waals surface area contributed by atoms with Gasteiger partial charge in [0.25, 0.3) is 0 Å². The number of hydrogen-bond acceptors (Lipinski definition) is 3. The van der Waals surface area contributed by atoms with Crippen molar-refractivity contribution in [1.29, 1.82) is 0 Å². The van der Waals surface area contributed by atoms with E-state index in [0.717, 1.165) is 15.6 Å². The summed E-state index contributed by atoms with van der Waals surface area (Å²) in [6.45, 7) is 4.47. The van der Waals surface area contributed by atoms with E-state index >= 15 is 0 Å². The number of carbonyl (C=O) groups is 2. The van der Waals surface area contributed by atoms with Crippen molar-refractivity contribution in [1.82, 2.24) is 0 Å². The number of Topliss-reactive ketones (excluding diaryl/α,β-unsaturated/α-hetero) is 2. The monoisotopic (exact) mass is 406 g/mol. The summed E-state index contributed by atoms with van der Waals surface area (Å²) >= 11 is 1.68. The molecule has 0 saturated heterocycles. The van der Waals surface area contributed by atoms with Crippen LogP contribution in [0.1, 0.15) is 49.9 Å². The molecule has 2 nitrogen and oxygen atoms in total. The molecule has 1 heterocycles. The number of ketones is 2. The fraction of sp³-hybridized carbons (Fsp3) is 0.111. The maximum absolute atomic E-state index is 13.1. The largest absolute Gasteiger partial charge is 0.288 e. The van der Waals surface area contributed by atoms with E-state index in [2.05, 4.69) is 44.2 Å². The van der Waals surface area contributed by atoms with Crippen LogP contribution in [0, 0.1) is 0 Å². The molecule has 3 aromatic carbocycles. The number of hydrogen-bond donors (Lipinski definition) is 0. The van der Waals surface area contributed by atoms with E-state index in [1.807, 2.05) is 36.4 Å². The van der Waals surface area contributed by atoms with Crippen molar-refractivity contribution in [2.45, 2.75) is 19.3 Å². The minimum atomic E-state index is -0.172. The smallest absolute Gasteiger partial charge is 0.197 e. The fourth-order valence-corrected chi connectivity index (χ4v) is 6.05. The molecule has 2 aliphatic carbocycles. The van der Waals surface area contributed by atoms with E-state index in [9.17, 15) is 9.59 Å². The number of benzene rings is 3. The first-order valence-electron chi connectivity index (χ1n) is 10.0. The van der Waals surface area contributed by atoms with Crippen LogP contribution in [0.15, 0.2) is 72.3 Å². The Hall–Kier alpha value is -3.30. The number of carbonyl (C=O) groups excluding carboxylic acids is 2. The maximum atomic E-state index is 13.1. The first-order valence-corrected chi connectivity index (χ1v) is 10.8. The SMILES string of the molecule is CC1(C)c2ccccc2-c2cc(C=C3C(=O)c4cc5ccccc5cc4C3=O)sc21. The van der Waals surface area contributed by atoms with Crippen molar-refractivity contribution in [3.63, 3.8) is 0 Å². The van der Waals surface area contributed by atoms with Gasteiger partial charge in [-0.3, -0.25) is 9.59 Å². The summed E-state index contributed by atoms with van der Waals surface area (Å²) < 4.78 is 0. The normalized spacial score (nSPS) is 16.0. The molecule has 30 heavy (non-hydrogen) atoms. The topological polar surface area (TPSA) is 34.1 Å². The molecule has 0 spiro atoms. The minimum Gasteiger partial charge on any atom is -0.288 e. The zero-order chi connectivity index (χ0) is 20.6. The zero-order valence-corrected chi connectivity index (χ0v) is 17.5. The molecule has 3 heteroatoms. The summed E-state index contributed by atoms with van der Waals surface area (Å²) in [4.78, 5) is 28.4. The molecule has 0 atom stereocenters. The van der Waals surface area contributed by atoms with E-state index < -0.39 is 0 Å². The summed E-state index contributed by atoms with van der Waals surface area (Å²) in [5.74, 6) is -0.344.